The van der Waals surface area contributed by atoms with Crippen LogP contribution in [0.5, 0.6) is 0 Å². The second kappa shape index (κ2) is 7.12. The smallest absolute Gasteiger partial charge is 0.222 e. The number of nitrogens with zero attached hydrogens (tertiary/aromatic N) is 4. The van der Waals surface area contributed by atoms with Gasteiger partial charge < -0.3 is 10.6 Å². The normalized spacial score (nSPS) is 25.7. The van der Waals surface area contributed by atoms with Crippen LogP contribution in [0.1, 0.15) is 54.8 Å². The molecule has 2 unspecified atom stereocenters. The van der Waals surface area contributed by atoms with Crippen molar-refractivity contribution in [1.29, 1.82) is 0 Å². The van der Waals surface area contributed by atoms with Crippen LogP contribution in [0.4, 0.5) is 11.8 Å². The summed E-state index contributed by atoms with van der Waals surface area (Å²) >= 11 is 0. The molecule has 2 saturated heterocycles. The van der Waals surface area contributed by atoms with E-state index in [1.54, 1.807) is 0 Å². The van der Waals surface area contributed by atoms with Crippen molar-refractivity contribution in [3.8, 4) is 0 Å². The van der Waals surface area contributed by atoms with Crippen molar-refractivity contribution >= 4 is 11.8 Å². The average molecular weight is 364 g/mol. The van der Waals surface area contributed by atoms with Gasteiger partial charge in [-0.25, -0.2) is 4.98 Å². The molecule has 2 atom stereocenters. The van der Waals surface area contributed by atoms with Gasteiger partial charge in [0.1, 0.15) is 5.82 Å². The minimum atomic E-state index is 0.344. The third kappa shape index (κ3) is 3.18. The second-order valence-electron chi connectivity index (χ2n) is 8.26. The van der Waals surface area contributed by atoms with Gasteiger partial charge in [-0.2, -0.15) is 4.98 Å². The largest absolute Gasteiger partial charge is 0.368 e. The molecule has 2 N–H and O–H groups in total. The van der Waals surface area contributed by atoms with Crippen LogP contribution in [0.15, 0.2) is 30.3 Å². The second-order valence-corrected chi connectivity index (χ2v) is 8.26. The third-order valence-corrected chi connectivity index (χ3v) is 6.61. The fourth-order valence-corrected chi connectivity index (χ4v) is 5.26. The van der Waals surface area contributed by atoms with Crippen LogP contribution in [-0.2, 0) is 6.42 Å². The molecule has 2 fully saturated rings. The average Bonchev–Trinajstić information content (AvgIpc) is 3.39. The minimum Gasteiger partial charge on any atom is -0.368 e. The third-order valence-electron chi connectivity index (χ3n) is 6.61. The van der Waals surface area contributed by atoms with Crippen molar-refractivity contribution in [3.05, 3.63) is 47.2 Å². The molecular weight excluding hydrogens is 334 g/mol. The first kappa shape index (κ1) is 17.0. The van der Waals surface area contributed by atoms with Crippen molar-refractivity contribution in [2.24, 2.45) is 0 Å². The molecule has 3 aliphatic rings. The van der Waals surface area contributed by atoms with Crippen molar-refractivity contribution in [1.82, 2.24) is 14.9 Å². The number of nitrogen functional groups attached to an aromatic ring is 1. The maximum absolute atomic E-state index is 6.19. The van der Waals surface area contributed by atoms with Crippen LogP contribution < -0.4 is 10.6 Å². The lowest BCUT2D eigenvalue weighted by molar-refractivity contribution is 0.260. The van der Waals surface area contributed by atoms with Gasteiger partial charge >= 0.3 is 0 Å². The van der Waals surface area contributed by atoms with Crippen LogP contribution in [0.25, 0.3) is 0 Å². The quantitative estimate of drug-likeness (QED) is 0.907. The summed E-state index contributed by atoms with van der Waals surface area (Å²) in [7, 11) is 0. The van der Waals surface area contributed by atoms with Gasteiger partial charge in [0.2, 0.25) is 5.95 Å². The number of anilines is 2. The Bertz CT molecular complexity index is 800. The Morgan fingerprint density at radius 2 is 1.74 bits per heavy atom. The molecule has 0 radical (unpaired) electrons. The highest BCUT2D eigenvalue weighted by atomic mass is 15.3. The fraction of sp³-hybridized carbons (Fsp3) is 0.545. The number of likely N-dealkylation sites (tertiary alicyclic amines) is 1. The highest BCUT2D eigenvalue weighted by Gasteiger charge is 2.34. The number of nitrogens with two attached hydrogens (primary N) is 1. The summed E-state index contributed by atoms with van der Waals surface area (Å²) in [5.41, 5.74) is 10.0. The molecule has 5 rings (SSSR count). The Kier molecular flexibility index (Phi) is 4.48. The van der Waals surface area contributed by atoms with Gasteiger partial charge in [0.25, 0.3) is 0 Å². The minimum absolute atomic E-state index is 0.344. The van der Waals surface area contributed by atoms with E-state index in [-0.39, 0.29) is 0 Å². The summed E-state index contributed by atoms with van der Waals surface area (Å²) in [5, 5.41) is 0. The van der Waals surface area contributed by atoms with Gasteiger partial charge in [-0.15, -0.1) is 0 Å². The monoisotopic (exact) mass is 363 g/mol. The summed E-state index contributed by atoms with van der Waals surface area (Å²) in [4.78, 5) is 14.6. The van der Waals surface area contributed by atoms with E-state index in [2.05, 4.69) is 40.1 Å². The van der Waals surface area contributed by atoms with Gasteiger partial charge in [-0.05, 0) is 57.2 Å². The number of benzene rings is 1. The van der Waals surface area contributed by atoms with Crippen LogP contribution >= 0.6 is 0 Å². The molecule has 5 nitrogen and oxygen atoms in total. The van der Waals surface area contributed by atoms with E-state index in [1.807, 2.05) is 0 Å². The molecular formula is C22H29N5. The van der Waals surface area contributed by atoms with E-state index in [0.717, 1.165) is 31.7 Å². The first-order valence-corrected chi connectivity index (χ1v) is 10.5. The van der Waals surface area contributed by atoms with E-state index in [0.29, 0.717) is 17.9 Å². The predicted octanol–water partition coefficient (Wildman–Crippen LogP) is 3.20. The van der Waals surface area contributed by atoms with Gasteiger partial charge in [-0.1, -0.05) is 30.3 Å². The van der Waals surface area contributed by atoms with Gasteiger partial charge in [-0.3, -0.25) is 4.90 Å². The first-order chi connectivity index (χ1) is 13.3. The Labute approximate surface area is 161 Å². The van der Waals surface area contributed by atoms with Gasteiger partial charge in [0, 0.05) is 30.6 Å². The Hall–Kier alpha value is -2.14. The molecule has 2 aromatic rings. The maximum Gasteiger partial charge on any atom is 0.222 e. The van der Waals surface area contributed by atoms with Crippen LogP contribution in [0.3, 0.4) is 0 Å². The Morgan fingerprint density at radius 1 is 0.926 bits per heavy atom. The van der Waals surface area contributed by atoms with Crippen LogP contribution in [0.2, 0.25) is 0 Å². The lowest BCUT2D eigenvalue weighted by atomic mass is 9.82. The topological polar surface area (TPSA) is 58.3 Å². The highest BCUT2D eigenvalue weighted by Crippen LogP contribution is 2.40. The number of hydrogen-bond donors (Lipinski definition) is 1. The number of aromatic nitrogens is 2. The van der Waals surface area contributed by atoms with Gasteiger partial charge in [0.15, 0.2) is 0 Å². The number of rotatable bonds is 3. The van der Waals surface area contributed by atoms with E-state index < -0.39 is 0 Å². The zero-order valence-electron chi connectivity index (χ0n) is 16.0. The molecule has 3 heterocycles. The summed E-state index contributed by atoms with van der Waals surface area (Å²) < 4.78 is 0. The predicted molar refractivity (Wildman–Crippen MR) is 109 cm³/mol. The molecule has 0 spiro atoms. The zero-order chi connectivity index (χ0) is 18.2. The maximum atomic E-state index is 6.19. The number of fused-ring (bicyclic) bond motifs is 1. The summed E-state index contributed by atoms with van der Waals surface area (Å²) in [6, 6.07) is 11.4. The standard InChI is InChI=1S/C22H29N5/c23-22-24-20-18(16-7-2-1-3-8-16)9-6-10-19(20)21(25-22)27-14-11-17(15-27)26-12-4-5-13-26/h1-3,7-8,17-18H,4-6,9-15H2,(H2,23,24,25). The molecule has 27 heavy (non-hydrogen) atoms. The van der Waals surface area contributed by atoms with E-state index in [9.17, 15) is 0 Å². The van der Waals surface area contributed by atoms with Crippen LogP contribution in [0, 0.1) is 0 Å². The summed E-state index contributed by atoms with van der Waals surface area (Å²) in [5.74, 6) is 1.88. The lowest BCUT2D eigenvalue weighted by Crippen LogP contribution is -2.36. The highest BCUT2D eigenvalue weighted by molar-refractivity contribution is 5.56. The van der Waals surface area contributed by atoms with Crippen LogP contribution in [-0.4, -0.2) is 47.1 Å². The summed E-state index contributed by atoms with van der Waals surface area (Å²) in [6.07, 6.45) is 7.34. The molecule has 1 aliphatic carbocycles. The molecule has 5 heteroatoms. The van der Waals surface area contributed by atoms with Crippen molar-refractivity contribution < 1.29 is 0 Å². The van der Waals surface area contributed by atoms with E-state index in [1.165, 1.54) is 55.6 Å². The van der Waals surface area contributed by atoms with Crippen molar-refractivity contribution in [2.75, 3.05) is 36.8 Å². The zero-order valence-corrected chi connectivity index (χ0v) is 16.0. The molecule has 2 aliphatic heterocycles. The molecule has 0 bridgehead atoms. The molecule has 1 aromatic carbocycles. The molecule has 142 valence electrons. The van der Waals surface area contributed by atoms with E-state index in [4.69, 9.17) is 15.7 Å². The summed E-state index contributed by atoms with van der Waals surface area (Å²) in [6.45, 7) is 4.69. The lowest BCUT2D eigenvalue weighted by Gasteiger charge is -2.30. The van der Waals surface area contributed by atoms with E-state index >= 15 is 0 Å². The molecule has 0 amide bonds. The Morgan fingerprint density at radius 3 is 2.56 bits per heavy atom. The molecule has 1 aromatic heterocycles. The molecule has 0 saturated carbocycles. The fourth-order valence-electron chi connectivity index (χ4n) is 5.26. The Balaban J connectivity index is 1.47. The van der Waals surface area contributed by atoms with Crippen molar-refractivity contribution in [3.63, 3.8) is 0 Å². The van der Waals surface area contributed by atoms with Crippen molar-refractivity contribution in [2.45, 2.75) is 50.5 Å². The van der Waals surface area contributed by atoms with Gasteiger partial charge in [0.05, 0.1) is 5.69 Å². The first-order valence-electron chi connectivity index (χ1n) is 10.5. The SMILES string of the molecule is Nc1nc2c(c(N3CCC(N4CCCC4)C3)n1)CCCC2c1ccccc1. The number of hydrogen-bond acceptors (Lipinski definition) is 5.